The maximum Gasteiger partial charge on any atom is 0.135 e. The lowest BCUT2D eigenvalue weighted by molar-refractivity contribution is 0.306. The number of phenols is 1. The summed E-state index contributed by atoms with van der Waals surface area (Å²) < 4.78 is 5.92. The Bertz CT molecular complexity index is 840. The van der Waals surface area contributed by atoms with Crippen molar-refractivity contribution in [3.63, 3.8) is 0 Å². The van der Waals surface area contributed by atoms with E-state index < -0.39 is 0 Å². The van der Waals surface area contributed by atoms with Crippen LogP contribution in [-0.2, 0) is 6.61 Å². The lowest BCUT2D eigenvalue weighted by Gasteiger charge is -2.22. The molecule has 0 saturated carbocycles. The Morgan fingerprint density at radius 2 is 1.80 bits per heavy atom. The van der Waals surface area contributed by atoms with Crippen molar-refractivity contribution >= 4 is 24.1 Å². The van der Waals surface area contributed by atoms with Crippen LogP contribution in [0.1, 0.15) is 5.56 Å². The van der Waals surface area contributed by atoms with E-state index in [0.29, 0.717) is 6.61 Å². The molecule has 4 rings (SSSR count). The number of hydrogen-bond donors (Lipinski definition) is 1. The van der Waals surface area contributed by atoms with E-state index in [4.69, 9.17) is 12.6 Å². The summed E-state index contributed by atoms with van der Waals surface area (Å²) in [5.41, 5.74) is 4.09. The van der Waals surface area contributed by atoms with Gasteiger partial charge in [0.2, 0.25) is 0 Å². The maximum absolute atomic E-state index is 9.57. The van der Waals surface area contributed by atoms with Crippen LogP contribution in [0, 0.1) is 0 Å². The second-order valence-corrected chi connectivity index (χ2v) is 5.05. The molecule has 0 atom stereocenters. The fraction of sp³-hybridized carbons (Fsp3) is 0.0588. The quantitative estimate of drug-likeness (QED) is 0.628. The molecule has 1 N–H and O–H groups in total. The number of hydrogen-bond acceptors (Lipinski definition) is 2. The largest absolute Gasteiger partial charge is 0.508 e. The van der Waals surface area contributed by atoms with Crippen LogP contribution in [0.4, 0.5) is 0 Å². The third-order valence-corrected chi connectivity index (χ3v) is 3.75. The van der Waals surface area contributed by atoms with Crippen molar-refractivity contribution in [3.05, 3.63) is 54.1 Å². The lowest BCUT2D eigenvalue weighted by atomic mass is 9.88. The van der Waals surface area contributed by atoms with Crippen molar-refractivity contribution in [2.45, 2.75) is 6.61 Å². The molecule has 0 aliphatic carbocycles. The van der Waals surface area contributed by atoms with Gasteiger partial charge in [-0.15, -0.1) is 0 Å². The molecule has 0 spiro atoms. The van der Waals surface area contributed by atoms with Gasteiger partial charge < -0.3 is 9.84 Å². The van der Waals surface area contributed by atoms with Gasteiger partial charge in [0.15, 0.2) is 0 Å². The first-order valence-corrected chi connectivity index (χ1v) is 6.50. The Morgan fingerprint density at radius 3 is 2.70 bits per heavy atom. The Hall–Kier alpha value is -2.42. The number of fused-ring (bicyclic) bond motifs is 5. The summed E-state index contributed by atoms with van der Waals surface area (Å²) in [6, 6.07) is 15.3. The van der Waals surface area contributed by atoms with Crippen molar-refractivity contribution < 1.29 is 9.84 Å². The zero-order valence-corrected chi connectivity index (χ0v) is 10.8. The molecule has 0 bridgehead atoms. The van der Waals surface area contributed by atoms with Gasteiger partial charge >= 0.3 is 0 Å². The maximum atomic E-state index is 9.57. The van der Waals surface area contributed by atoms with Crippen LogP contribution < -0.4 is 10.2 Å². The van der Waals surface area contributed by atoms with Crippen LogP contribution >= 0.6 is 0 Å². The highest BCUT2D eigenvalue weighted by Crippen LogP contribution is 2.42. The number of ether oxygens (including phenoxy) is 1. The normalized spacial score (nSPS) is 12.6. The molecule has 2 radical (unpaired) electrons. The van der Waals surface area contributed by atoms with Gasteiger partial charge in [0, 0.05) is 10.9 Å². The van der Waals surface area contributed by atoms with E-state index in [1.165, 1.54) is 0 Å². The number of rotatable bonds is 0. The van der Waals surface area contributed by atoms with Crippen LogP contribution in [-0.4, -0.2) is 13.0 Å². The highest BCUT2D eigenvalue weighted by molar-refractivity contribution is 6.32. The Morgan fingerprint density at radius 1 is 0.950 bits per heavy atom. The summed E-state index contributed by atoms with van der Waals surface area (Å²) in [6.07, 6.45) is 0. The summed E-state index contributed by atoms with van der Waals surface area (Å²) in [5, 5.41) is 11.6. The molecule has 3 heteroatoms. The van der Waals surface area contributed by atoms with Crippen molar-refractivity contribution in [1.82, 2.24) is 0 Å². The van der Waals surface area contributed by atoms with Gasteiger partial charge in [-0.2, -0.15) is 0 Å². The van der Waals surface area contributed by atoms with E-state index >= 15 is 0 Å². The summed E-state index contributed by atoms with van der Waals surface area (Å²) in [6.45, 7) is 0.521. The third-order valence-electron chi connectivity index (χ3n) is 3.75. The smallest absolute Gasteiger partial charge is 0.135 e. The zero-order valence-electron chi connectivity index (χ0n) is 10.8. The molecule has 0 unspecified atom stereocenters. The molecule has 3 aromatic carbocycles. The molecule has 1 aliphatic heterocycles. The summed E-state index contributed by atoms with van der Waals surface area (Å²) in [5.74, 6) is 1.14. The highest BCUT2D eigenvalue weighted by atomic mass is 16.5. The molecule has 0 fully saturated rings. The fourth-order valence-corrected chi connectivity index (χ4v) is 2.80. The van der Waals surface area contributed by atoms with Crippen LogP contribution in [0.5, 0.6) is 11.5 Å². The minimum Gasteiger partial charge on any atom is -0.508 e. The number of phenolic OH excluding ortho intramolecular Hbond substituents is 1. The topological polar surface area (TPSA) is 29.5 Å². The number of aromatic hydroxyl groups is 1. The summed E-state index contributed by atoms with van der Waals surface area (Å²) >= 11 is 0. The molecule has 0 aromatic heterocycles. The minimum atomic E-state index is 0.265. The molecular weight excluding hydrogens is 247 g/mol. The molecule has 3 aromatic rings. The molecule has 1 aliphatic rings. The van der Waals surface area contributed by atoms with Crippen molar-refractivity contribution in [2.75, 3.05) is 0 Å². The lowest BCUT2D eigenvalue weighted by Crippen LogP contribution is -2.11. The van der Waals surface area contributed by atoms with Gasteiger partial charge in [-0.1, -0.05) is 29.7 Å². The van der Waals surface area contributed by atoms with E-state index in [0.717, 1.165) is 38.7 Å². The second kappa shape index (κ2) is 4.04. The van der Waals surface area contributed by atoms with Crippen LogP contribution in [0.25, 0.3) is 21.9 Å². The monoisotopic (exact) mass is 258 g/mol. The first-order valence-electron chi connectivity index (χ1n) is 6.50. The van der Waals surface area contributed by atoms with Crippen molar-refractivity contribution in [2.24, 2.45) is 0 Å². The standard InChI is InChI=1S/C17H11BO2/c18-12-2-5-14-11(7-12)9-20-17-15-6-3-13(19)8-10(15)1-4-16(14)17/h1-8,19H,9H2. The molecular formula is C17H11BO2. The van der Waals surface area contributed by atoms with E-state index in [-0.39, 0.29) is 5.75 Å². The average Bonchev–Trinajstić information content (AvgIpc) is 2.45. The Kier molecular flexibility index (Phi) is 2.30. The van der Waals surface area contributed by atoms with Gasteiger partial charge in [-0.3, -0.25) is 0 Å². The fourth-order valence-electron chi connectivity index (χ4n) is 2.80. The van der Waals surface area contributed by atoms with E-state index in [1.807, 2.05) is 36.4 Å². The Labute approximate surface area is 118 Å². The van der Waals surface area contributed by atoms with E-state index in [2.05, 4.69) is 0 Å². The van der Waals surface area contributed by atoms with Crippen LogP contribution in [0.3, 0.4) is 0 Å². The first-order chi connectivity index (χ1) is 9.72. The summed E-state index contributed by atoms with van der Waals surface area (Å²) in [7, 11) is 5.83. The zero-order chi connectivity index (χ0) is 13.7. The van der Waals surface area contributed by atoms with Gasteiger partial charge in [0.1, 0.15) is 26.0 Å². The van der Waals surface area contributed by atoms with Crippen LogP contribution in [0.2, 0.25) is 0 Å². The Balaban J connectivity index is 2.03. The van der Waals surface area contributed by atoms with Gasteiger partial charge in [0.25, 0.3) is 0 Å². The third kappa shape index (κ3) is 1.60. The molecule has 1 heterocycles. The van der Waals surface area contributed by atoms with E-state index in [1.54, 1.807) is 12.1 Å². The molecule has 2 nitrogen and oxygen atoms in total. The van der Waals surface area contributed by atoms with E-state index in [9.17, 15) is 5.11 Å². The van der Waals surface area contributed by atoms with Crippen molar-refractivity contribution in [1.29, 1.82) is 0 Å². The van der Waals surface area contributed by atoms with Gasteiger partial charge in [-0.25, -0.2) is 0 Å². The molecule has 0 saturated heterocycles. The van der Waals surface area contributed by atoms with Crippen molar-refractivity contribution in [3.8, 4) is 22.6 Å². The molecule has 20 heavy (non-hydrogen) atoms. The van der Waals surface area contributed by atoms with Gasteiger partial charge in [0.05, 0.1) is 0 Å². The summed E-state index contributed by atoms with van der Waals surface area (Å²) in [4.78, 5) is 0. The number of benzene rings is 3. The SMILES string of the molecule is [B]c1ccc2c(c1)COc1c-2ccc2cc(O)ccc12. The molecule has 94 valence electrons. The van der Waals surface area contributed by atoms with Gasteiger partial charge in [-0.05, 0) is 40.8 Å². The predicted octanol–water partition coefficient (Wildman–Crippen LogP) is 2.90. The van der Waals surface area contributed by atoms with Crippen LogP contribution in [0.15, 0.2) is 48.5 Å². The molecule has 0 amide bonds. The minimum absolute atomic E-state index is 0.265. The highest BCUT2D eigenvalue weighted by Gasteiger charge is 2.19. The second-order valence-electron chi connectivity index (χ2n) is 5.05. The predicted molar refractivity (Wildman–Crippen MR) is 80.8 cm³/mol. The first kappa shape index (κ1) is 11.4. The average molecular weight is 258 g/mol.